The smallest absolute Gasteiger partial charge is 0.478 e. The third kappa shape index (κ3) is 4.44. The normalized spacial score (nSPS) is 16.1. The van der Waals surface area contributed by atoms with Crippen molar-refractivity contribution in [2.75, 3.05) is 10.6 Å². The van der Waals surface area contributed by atoms with Gasteiger partial charge in [0.05, 0.1) is 12.1 Å². The van der Waals surface area contributed by atoms with Crippen molar-refractivity contribution in [2.24, 2.45) is 0 Å². The fourth-order valence-corrected chi connectivity index (χ4v) is 2.38. The van der Waals surface area contributed by atoms with Crippen molar-refractivity contribution in [1.29, 1.82) is 0 Å². The predicted octanol–water partition coefficient (Wildman–Crippen LogP) is 3.31. The van der Waals surface area contributed by atoms with Crippen molar-refractivity contribution < 1.29 is 32.2 Å². The van der Waals surface area contributed by atoms with Crippen LogP contribution in [0.2, 0.25) is 0 Å². The van der Waals surface area contributed by atoms with Gasteiger partial charge in [0.15, 0.2) is 6.10 Å². The van der Waals surface area contributed by atoms with Gasteiger partial charge in [-0.05, 0) is 24.3 Å². The van der Waals surface area contributed by atoms with E-state index in [0.29, 0.717) is 11.4 Å². The maximum Gasteiger partial charge on any atom is 0.573 e. The Labute approximate surface area is 145 Å². The minimum absolute atomic E-state index is 0.105. The van der Waals surface area contributed by atoms with E-state index in [2.05, 4.69) is 15.4 Å². The molecule has 6 nitrogen and oxygen atoms in total. The molecule has 2 aromatic rings. The van der Waals surface area contributed by atoms with Gasteiger partial charge < -0.3 is 20.1 Å². The number of hydrogen-bond acceptors (Lipinski definition) is 4. The maximum absolute atomic E-state index is 12.2. The van der Waals surface area contributed by atoms with Gasteiger partial charge in [-0.25, -0.2) is 0 Å². The molecule has 0 fully saturated rings. The number of benzene rings is 2. The van der Waals surface area contributed by atoms with Crippen LogP contribution in [0.1, 0.15) is 6.42 Å². The number of amides is 2. The standard InChI is InChI=1S/C17H13F3N2O4/c18-17(19,20)26-11-5-3-4-10(8-11)21-15(23)9-14-16(24)22-12-6-1-2-7-13(12)25-14/h1-8,14H,9H2,(H,21,23)(H,22,24). The summed E-state index contributed by atoms with van der Waals surface area (Å²) in [5, 5.41) is 5.04. The van der Waals surface area contributed by atoms with Gasteiger partial charge in [-0.3, -0.25) is 9.59 Å². The lowest BCUT2D eigenvalue weighted by molar-refractivity contribution is -0.274. The Kier molecular flexibility index (Phi) is 4.70. The highest BCUT2D eigenvalue weighted by Crippen LogP contribution is 2.30. The zero-order chi connectivity index (χ0) is 18.7. The van der Waals surface area contributed by atoms with Crippen LogP contribution in [0.15, 0.2) is 48.5 Å². The molecule has 1 unspecified atom stereocenters. The molecular weight excluding hydrogens is 353 g/mol. The molecular formula is C17H13F3N2O4. The average Bonchev–Trinajstić information content (AvgIpc) is 2.54. The number of rotatable bonds is 4. The molecule has 0 spiro atoms. The average molecular weight is 366 g/mol. The van der Waals surface area contributed by atoms with Crippen molar-refractivity contribution in [3.8, 4) is 11.5 Å². The number of alkyl halides is 3. The van der Waals surface area contributed by atoms with E-state index < -0.39 is 30.0 Å². The van der Waals surface area contributed by atoms with Gasteiger partial charge in [-0.2, -0.15) is 0 Å². The maximum atomic E-state index is 12.2. The fraction of sp³-hybridized carbons (Fsp3) is 0.176. The zero-order valence-corrected chi connectivity index (χ0v) is 13.2. The van der Waals surface area contributed by atoms with Crippen molar-refractivity contribution in [1.82, 2.24) is 0 Å². The molecule has 26 heavy (non-hydrogen) atoms. The minimum atomic E-state index is -4.83. The van der Waals surface area contributed by atoms with Crippen LogP contribution in [-0.2, 0) is 9.59 Å². The highest BCUT2D eigenvalue weighted by molar-refractivity contribution is 6.01. The molecule has 2 amide bonds. The highest BCUT2D eigenvalue weighted by Gasteiger charge is 2.31. The van der Waals surface area contributed by atoms with Crippen molar-refractivity contribution in [3.63, 3.8) is 0 Å². The second-order valence-electron chi connectivity index (χ2n) is 5.42. The predicted molar refractivity (Wildman–Crippen MR) is 85.9 cm³/mol. The Morgan fingerprint density at radius 3 is 2.73 bits per heavy atom. The first-order valence-corrected chi connectivity index (χ1v) is 7.52. The molecule has 2 aromatic carbocycles. The second-order valence-corrected chi connectivity index (χ2v) is 5.42. The monoisotopic (exact) mass is 366 g/mol. The molecule has 1 heterocycles. The molecule has 2 N–H and O–H groups in total. The molecule has 0 bridgehead atoms. The lowest BCUT2D eigenvalue weighted by Crippen LogP contribution is -2.39. The lowest BCUT2D eigenvalue weighted by Gasteiger charge is -2.25. The van der Waals surface area contributed by atoms with E-state index in [9.17, 15) is 22.8 Å². The molecule has 0 saturated carbocycles. The molecule has 1 atom stereocenters. The number of carbonyl (C=O) groups is 2. The summed E-state index contributed by atoms with van der Waals surface area (Å²) in [6.45, 7) is 0. The summed E-state index contributed by atoms with van der Waals surface area (Å²) in [7, 11) is 0. The van der Waals surface area contributed by atoms with E-state index in [1.165, 1.54) is 12.1 Å². The van der Waals surface area contributed by atoms with Crippen LogP contribution in [-0.4, -0.2) is 24.3 Å². The molecule has 136 valence electrons. The van der Waals surface area contributed by atoms with E-state index in [-0.39, 0.29) is 12.1 Å². The highest BCUT2D eigenvalue weighted by atomic mass is 19.4. The zero-order valence-electron chi connectivity index (χ0n) is 13.2. The first kappa shape index (κ1) is 17.6. The Hall–Kier alpha value is -3.23. The van der Waals surface area contributed by atoms with Crippen LogP contribution in [0.5, 0.6) is 11.5 Å². The summed E-state index contributed by atoms with van der Waals surface area (Å²) in [5.41, 5.74) is 0.611. The van der Waals surface area contributed by atoms with E-state index in [4.69, 9.17) is 4.74 Å². The van der Waals surface area contributed by atoms with Gasteiger partial charge in [0.25, 0.3) is 5.91 Å². The van der Waals surface area contributed by atoms with Crippen molar-refractivity contribution >= 4 is 23.2 Å². The largest absolute Gasteiger partial charge is 0.573 e. The van der Waals surface area contributed by atoms with Crippen LogP contribution in [0.25, 0.3) is 0 Å². The molecule has 0 aromatic heterocycles. The minimum Gasteiger partial charge on any atom is -0.478 e. The number of hydrogen-bond donors (Lipinski definition) is 2. The number of nitrogens with one attached hydrogen (secondary N) is 2. The summed E-state index contributed by atoms with van der Waals surface area (Å²) in [6.07, 6.45) is -6.17. The van der Waals surface area contributed by atoms with Gasteiger partial charge in [0.1, 0.15) is 11.5 Å². The van der Waals surface area contributed by atoms with Gasteiger partial charge in [-0.1, -0.05) is 18.2 Å². The van der Waals surface area contributed by atoms with Crippen LogP contribution < -0.4 is 20.1 Å². The fourth-order valence-electron chi connectivity index (χ4n) is 2.38. The van der Waals surface area contributed by atoms with E-state index in [1.54, 1.807) is 24.3 Å². The Balaban J connectivity index is 1.63. The number of ether oxygens (including phenoxy) is 2. The Morgan fingerprint density at radius 1 is 1.19 bits per heavy atom. The first-order chi connectivity index (χ1) is 12.3. The summed E-state index contributed by atoms with van der Waals surface area (Å²) < 4.78 is 46.0. The number of fused-ring (bicyclic) bond motifs is 1. The Morgan fingerprint density at radius 2 is 1.96 bits per heavy atom. The van der Waals surface area contributed by atoms with Gasteiger partial charge in [0.2, 0.25) is 5.91 Å². The first-order valence-electron chi connectivity index (χ1n) is 7.52. The summed E-state index contributed by atoms with van der Waals surface area (Å²) in [6, 6.07) is 11.6. The molecule has 0 aliphatic carbocycles. The molecule has 1 aliphatic rings. The third-order valence-electron chi connectivity index (χ3n) is 3.43. The molecule has 9 heteroatoms. The molecule has 0 radical (unpaired) electrons. The lowest BCUT2D eigenvalue weighted by atomic mass is 10.1. The summed E-state index contributed by atoms with van der Waals surface area (Å²) in [4.78, 5) is 24.1. The summed E-state index contributed by atoms with van der Waals surface area (Å²) >= 11 is 0. The number of carbonyl (C=O) groups excluding carboxylic acids is 2. The van der Waals surface area contributed by atoms with Crippen LogP contribution in [0, 0.1) is 0 Å². The van der Waals surface area contributed by atoms with E-state index in [0.717, 1.165) is 12.1 Å². The number of halogens is 3. The molecule has 1 aliphatic heterocycles. The number of para-hydroxylation sites is 2. The van der Waals surface area contributed by atoms with Crippen LogP contribution in [0.4, 0.5) is 24.5 Å². The SMILES string of the molecule is O=C(CC1Oc2ccccc2NC1=O)Nc1cccc(OC(F)(F)F)c1. The third-order valence-corrected chi connectivity index (χ3v) is 3.43. The summed E-state index contributed by atoms with van der Waals surface area (Å²) in [5.74, 6) is -1.09. The van der Waals surface area contributed by atoms with Gasteiger partial charge >= 0.3 is 6.36 Å². The van der Waals surface area contributed by atoms with Crippen molar-refractivity contribution in [3.05, 3.63) is 48.5 Å². The van der Waals surface area contributed by atoms with E-state index >= 15 is 0 Å². The van der Waals surface area contributed by atoms with Crippen LogP contribution >= 0.6 is 0 Å². The van der Waals surface area contributed by atoms with Crippen molar-refractivity contribution in [2.45, 2.75) is 18.9 Å². The quantitative estimate of drug-likeness (QED) is 0.870. The van der Waals surface area contributed by atoms with Gasteiger partial charge in [0, 0.05) is 11.8 Å². The second kappa shape index (κ2) is 6.95. The van der Waals surface area contributed by atoms with Gasteiger partial charge in [-0.15, -0.1) is 13.2 Å². The van der Waals surface area contributed by atoms with Crippen LogP contribution in [0.3, 0.4) is 0 Å². The number of anilines is 2. The molecule has 3 rings (SSSR count). The Bertz CT molecular complexity index is 839. The topological polar surface area (TPSA) is 76.7 Å². The molecule has 0 saturated heterocycles. The van der Waals surface area contributed by atoms with E-state index in [1.807, 2.05) is 0 Å².